The van der Waals surface area contributed by atoms with Crippen LogP contribution in [0.1, 0.15) is 290 Å². The minimum atomic E-state index is -4.46. The highest BCUT2D eigenvalue weighted by atomic mass is 31.2. The largest absolute Gasteiger partial charge is 0.472 e. The Hall–Kier alpha value is -2.55. The number of rotatable bonds is 58. The SMILES string of the molecule is CCCCC/C=C\C/C=C\C/C=C\C/C=C\CCCC(=O)OC(/C=C\CCCCCCCCCCCCC)C(COP(=O)(O)OCC[N+](C)(C)C)NC(=O)CCCCCCCCCCCCC/C=C/CCCCCCCC. The maximum atomic E-state index is 13.6. The molecule has 0 spiro atoms. The molecule has 9 nitrogen and oxygen atoms in total. The highest BCUT2D eigenvalue weighted by molar-refractivity contribution is 7.47. The van der Waals surface area contributed by atoms with Gasteiger partial charge in [-0.2, -0.15) is 0 Å². The molecule has 448 valence electrons. The Morgan fingerprint density at radius 1 is 0.455 bits per heavy atom. The maximum absolute atomic E-state index is 13.6. The second-order valence-electron chi connectivity index (χ2n) is 22.9. The minimum absolute atomic E-state index is 0.0303. The number of carbonyl (C=O) groups is 2. The van der Waals surface area contributed by atoms with E-state index in [-0.39, 0.29) is 31.5 Å². The predicted molar refractivity (Wildman–Crippen MR) is 332 cm³/mol. The van der Waals surface area contributed by atoms with Gasteiger partial charge >= 0.3 is 13.8 Å². The van der Waals surface area contributed by atoms with E-state index in [0.717, 1.165) is 64.2 Å². The van der Waals surface area contributed by atoms with Crippen molar-refractivity contribution in [3.05, 3.63) is 72.9 Å². The van der Waals surface area contributed by atoms with Crippen LogP contribution < -0.4 is 5.32 Å². The van der Waals surface area contributed by atoms with Crippen LogP contribution in [0, 0.1) is 0 Å². The standard InChI is InChI=1S/C67H123N2O7P/c1-7-10-13-16-19-22-25-28-30-32-33-34-35-37-38-41-44-47-50-53-56-59-66(70)68-64(63-75-77(72,73)74-62-61-69(4,5)6)65(58-55-52-49-46-43-40-27-24-21-18-15-12-9-3)76-67(71)60-57-54-51-48-45-42-39-36-31-29-26-23-20-17-14-11-8-2/h20,23,28-31,39,42,48,51,55,58,64-65H,7-19,21-22,24-27,32-38,40-41,43-47,49-50,52-54,56-57,59-63H2,1-6H3,(H-,68,70,72,73)/p+1/b23-20-,30-28+,31-29-,42-39-,51-48-,58-55-. The number of phosphoric acid groups is 1. The normalized spacial score (nSPS) is 14.1. The lowest BCUT2D eigenvalue weighted by Gasteiger charge is -2.27. The molecule has 0 bridgehead atoms. The number of likely N-dealkylation sites (N-methyl/N-ethyl adjacent to an activating group) is 1. The van der Waals surface area contributed by atoms with Crippen molar-refractivity contribution in [1.82, 2.24) is 5.32 Å². The van der Waals surface area contributed by atoms with Gasteiger partial charge in [0.05, 0.1) is 33.8 Å². The number of phosphoric ester groups is 1. The van der Waals surface area contributed by atoms with Crippen LogP contribution in [0.25, 0.3) is 0 Å². The summed E-state index contributed by atoms with van der Waals surface area (Å²) in [4.78, 5) is 37.7. The van der Waals surface area contributed by atoms with E-state index >= 15 is 0 Å². The van der Waals surface area contributed by atoms with Crippen LogP contribution in [-0.2, 0) is 27.9 Å². The first-order valence-electron chi connectivity index (χ1n) is 32.3. The van der Waals surface area contributed by atoms with Crippen LogP contribution in [-0.4, -0.2) is 74.3 Å². The van der Waals surface area contributed by atoms with Crippen molar-refractivity contribution in [2.75, 3.05) is 40.9 Å². The third-order valence-electron chi connectivity index (χ3n) is 14.1. The lowest BCUT2D eigenvalue weighted by atomic mass is 10.0. The average Bonchev–Trinajstić information content (AvgIpc) is 3.39. The van der Waals surface area contributed by atoms with E-state index in [0.29, 0.717) is 23.9 Å². The molecule has 0 aliphatic heterocycles. The van der Waals surface area contributed by atoms with Gasteiger partial charge in [0.1, 0.15) is 19.3 Å². The van der Waals surface area contributed by atoms with Crippen molar-refractivity contribution in [3.63, 3.8) is 0 Å². The highest BCUT2D eigenvalue weighted by Crippen LogP contribution is 2.43. The zero-order valence-corrected chi connectivity index (χ0v) is 52.1. The molecule has 0 saturated heterocycles. The first kappa shape index (κ1) is 74.5. The molecule has 2 N–H and O–H groups in total. The number of allylic oxidation sites excluding steroid dienone is 11. The number of hydrogen-bond acceptors (Lipinski definition) is 6. The second kappa shape index (κ2) is 56.7. The lowest BCUT2D eigenvalue weighted by Crippen LogP contribution is -2.47. The van der Waals surface area contributed by atoms with Gasteiger partial charge < -0.3 is 19.4 Å². The van der Waals surface area contributed by atoms with Crippen LogP contribution in [0.5, 0.6) is 0 Å². The van der Waals surface area contributed by atoms with E-state index in [1.54, 1.807) is 0 Å². The number of amides is 1. The van der Waals surface area contributed by atoms with E-state index in [1.165, 1.54) is 186 Å². The molecule has 0 aliphatic carbocycles. The third-order valence-corrected chi connectivity index (χ3v) is 15.1. The smallest absolute Gasteiger partial charge is 0.456 e. The molecule has 0 fully saturated rings. The highest BCUT2D eigenvalue weighted by Gasteiger charge is 2.30. The summed E-state index contributed by atoms with van der Waals surface area (Å²) in [6, 6.07) is -0.873. The Morgan fingerprint density at radius 2 is 0.805 bits per heavy atom. The molecule has 1 amide bonds. The quantitative estimate of drug-likeness (QED) is 0.0205. The number of nitrogens with one attached hydrogen (secondary N) is 1. The molecule has 0 radical (unpaired) electrons. The summed E-state index contributed by atoms with van der Waals surface area (Å²) in [6.07, 6.45) is 73.3. The van der Waals surface area contributed by atoms with Crippen molar-refractivity contribution in [1.29, 1.82) is 0 Å². The first-order chi connectivity index (χ1) is 37.4. The molecular formula is C67H124N2O7P+. The fourth-order valence-electron chi connectivity index (χ4n) is 9.10. The minimum Gasteiger partial charge on any atom is -0.456 e. The van der Waals surface area contributed by atoms with Crippen LogP contribution in [0.15, 0.2) is 72.9 Å². The first-order valence-corrected chi connectivity index (χ1v) is 33.8. The Balaban J connectivity index is 5.30. The maximum Gasteiger partial charge on any atom is 0.472 e. The molecule has 0 aromatic carbocycles. The lowest BCUT2D eigenvalue weighted by molar-refractivity contribution is -0.870. The van der Waals surface area contributed by atoms with Crippen molar-refractivity contribution in [2.24, 2.45) is 0 Å². The van der Waals surface area contributed by atoms with Crippen molar-refractivity contribution in [3.8, 4) is 0 Å². The van der Waals surface area contributed by atoms with Crippen LogP contribution in [0.2, 0.25) is 0 Å². The monoisotopic (exact) mass is 1100 g/mol. The van der Waals surface area contributed by atoms with E-state index < -0.39 is 20.0 Å². The summed E-state index contributed by atoms with van der Waals surface area (Å²) in [5.74, 6) is -0.566. The van der Waals surface area contributed by atoms with Crippen LogP contribution in [0.3, 0.4) is 0 Å². The number of carbonyl (C=O) groups excluding carboxylic acids is 2. The summed E-state index contributed by atoms with van der Waals surface area (Å²) < 4.78 is 30.7. The molecule has 3 atom stereocenters. The number of hydrogen-bond donors (Lipinski definition) is 2. The zero-order chi connectivity index (χ0) is 56.4. The van der Waals surface area contributed by atoms with Gasteiger partial charge in [0.2, 0.25) is 5.91 Å². The summed E-state index contributed by atoms with van der Waals surface area (Å²) >= 11 is 0. The second-order valence-corrected chi connectivity index (χ2v) is 24.4. The van der Waals surface area contributed by atoms with Gasteiger partial charge in [0.15, 0.2) is 0 Å². The molecule has 0 saturated carbocycles. The molecule has 0 aromatic heterocycles. The van der Waals surface area contributed by atoms with Gasteiger partial charge in [-0.3, -0.25) is 18.6 Å². The summed E-state index contributed by atoms with van der Waals surface area (Å²) in [5, 5.41) is 3.05. The summed E-state index contributed by atoms with van der Waals surface area (Å²) in [5.41, 5.74) is 0. The summed E-state index contributed by atoms with van der Waals surface area (Å²) in [7, 11) is 1.47. The van der Waals surface area contributed by atoms with Gasteiger partial charge in [0.25, 0.3) is 0 Å². The van der Waals surface area contributed by atoms with E-state index in [9.17, 15) is 19.0 Å². The Morgan fingerprint density at radius 3 is 1.25 bits per heavy atom. The number of quaternary nitrogens is 1. The number of esters is 1. The fraction of sp³-hybridized carbons (Fsp3) is 0.791. The van der Waals surface area contributed by atoms with Gasteiger partial charge in [-0.1, -0.05) is 255 Å². The topological polar surface area (TPSA) is 111 Å². The van der Waals surface area contributed by atoms with Crippen LogP contribution in [0.4, 0.5) is 0 Å². The van der Waals surface area contributed by atoms with Gasteiger partial charge in [-0.05, 0) is 96.0 Å². The molecule has 0 heterocycles. The molecule has 0 aromatic rings. The van der Waals surface area contributed by atoms with Gasteiger partial charge in [0, 0.05) is 12.8 Å². The molecule has 0 rings (SSSR count). The van der Waals surface area contributed by atoms with Gasteiger partial charge in [-0.15, -0.1) is 0 Å². The Bertz CT molecular complexity index is 1550. The van der Waals surface area contributed by atoms with Gasteiger partial charge in [-0.25, -0.2) is 4.57 Å². The van der Waals surface area contributed by atoms with E-state index in [4.69, 9.17) is 13.8 Å². The Kier molecular flexibility index (Phi) is 54.8. The fourth-order valence-corrected chi connectivity index (χ4v) is 9.84. The molecule has 0 aliphatic rings. The number of unbranched alkanes of at least 4 members (excludes halogenated alkanes) is 32. The third kappa shape index (κ3) is 57.9. The molecule has 77 heavy (non-hydrogen) atoms. The van der Waals surface area contributed by atoms with Crippen molar-refractivity contribution in [2.45, 2.75) is 303 Å². The number of ether oxygens (including phenoxy) is 1. The molecule has 3 unspecified atom stereocenters. The summed E-state index contributed by atoms with van der Waals surface area (Å²) in [6.45, 7) is 6.96. The van der Waals surface area contributed by atoms with E-state index in [2.05, 4.69) is 86.8 Å². The molecular weight excluding hydrogens is 976 g/mol. The van der Waals surface area contributed by atoms with Crippen LogP contribution >= 0.6 is 7.82 Å². The zero-order valence-electron chi connectivity index (χ0n) is 51.2. The number of nitrogens with zero attached hydrogens (tertiary/aromatic N) is 1. The van der Waals surface area contributed by atoms with Crippen molar-refractivity contribution < 1.29 is 37.3 Å². The average molecular weight is 1100 g/mol. The Labute approximate surface area is 476 Å². The van der Waals surface area contributed by atoms with E-state index in [1.807, 2.05) is 33.3 Å². The van der Waals surface area contributed by atoms with Crippen molar-refractivity contribution >= 4 is 19.7 Å². The predicted octanol–water partition coefficient (Wildman–Crippen LogP) is 20.0. The molecule has 10 heteroatoms.